The molecule has 6 nitrogen and oxygen atoms in total. The molecule has 0 aromatic heterocycles. The van der Waals surface area contributed by atoms with Crippen molar-refractivity contribution >= 4 is 16.1 Å². The van der Waals surface area contributed by atoms with Crippen LogP contribution < -0.4 is 0 Å². The monoisotopic (exact) mass is 379 g/mol. The zero-order valence-corrected chi connectivity index (χ0v) is 16.3. The predicted molar refractivity (Wildman–Crippen MR) is 102 cm³/mol. The summed E-state index contributed by atoms with van der Waals surface area (Å²) >= 11 is 0. The number of nitrogens with zero attached hydrogens (tertiary/aromatic N) is 3. The first-order valence-corrected chi connectivity index (χ1v) is 11.0. The Balaban J connectivity index is 1.68. The second kappa shape index (κ2) is 8.50. The molecule has 7 heteroatoms. The Kier molecular flexibility index (Phi) is 6.32. The molecule has 144 valence electrons. The third kappa shape index (κ3) is 4.27. The summed E-state index contributed by atoms with van der Waals surface area (Å²) in [6.07, 6.45) is 4.86. The molecule has 2 heterocycles. The Bertz CT molecular complexity index is 708. The number of rotatable bonds is 5. The molecule has 0 saturated carbocycles. The SMILES string of the molecule is CC[C@H]1CCCCN1C(=O)CN1CCCN(Cc2ccccc2)S1(=O)=O. The molecule has 0 unspecified atom stereocenters. The van der Waals surface area contributed by atoms with Crippen LogP contribution in [0.3, 0.4) is 0 Å². The molecule has 0 radical (unpaired) electrons. The fourth-order valence-electron chi connectivity index (χ4n) is 3.92. The minimum Gasteiger partial charge on any atom is -0.339 e. The van der Waals surface area contributed by atoms with Crippen LogP contribution in [-0.4, -0.2) is 60.1 Å². The van der Waals surface area contributed by atoms with E-state index in [9.17, 15) is 13.2 Å². The summed E-state index contributed by atoms with van der Waals surface area (Å²) < 4.78 is 28.8. The van der Waals surface area contributed by atoms with Gasteiger partial charge in [-0.15, -0.1) is 0 Å². The van der Waals surface area contributed by atoms with Gasteiger partial charge in [0.2, 0.25) is 5.91 Å². The lowest BCUT2D eigenvalue weighted by atomic mass is 10.00. The van der Waals surface area contributed by atoms with E-state index in [2.05, 4.69) is 6.92 Å². The standard InChI is InChI=1S/C19H29N3O3S/c1-2-18-11-6-7-14-22(18)19(23)16-21-13-8-12-20(26(21,24)25)15-17-9-4-3-5-10-17/h3-5,9-10,18H,2,6-8,11-16H2,1H3/t18-/m0/s1. The Morgan fingerprint density at radius 3 is 2.50 bits per heavy atom. The molecule has 0 N–H and O–H groups in total. The van der Waals surface area contributed by atoms with Crippen molar-refractivity contribution < 1.29 is 13.2 Å². The fourth-order valence-corrected chi connectivity index (χ4v) is 5.55. The maximum absolute atomic E-state index is 13.0. The number of piperidine rings is 1. The van der Waals surface area contributed by atoms with Gasteiger partial charge in [0.1, 0.15) is 0 Å². The molecular weight excluding hydrogens is 350 g/mol. The molecule has 1 aromatic carbocycles. The zero-order valence-electron chi connectivity index (χ0n) is 15.5. The summed E-state index contributed by atoms with van der Waals surface area (Å²) in [6.45, 7) is 4.08. The predicted octanol–water partition coefficient (Wildman–Crippen LogP) is 2.23. The number of carbonyl (C=O) groups is 1. The lowest BCUT2D eigenvalue weighted by molar-refractivity contribution is -0.135. The highest BCUT2D eigenvalue weighted by atomic mass is 32.2. The van der Waals surface area contributed by atoms with Crippen LogP contribution in [0.15, 0.2) is 30.3 Å². The van der Waals surface area contributed by atoms with Crippen molar-refractivity contribution in [2.75, 3.05) is 26.2 Å². The first-order chi connectivity index (χ1) is 12.5. The van der Waals surface area contributed by atoms with Gasteiger partial charge >= 0.3 is 0 Å². The van der Waals surface area contributed by atoms with Crippen molar-refractivity contribution in [1.82, 2.24) is 13.5 Å². The van der Waals surface area contributed by atoms with Gasteiger partial charge in [-0.2, -0.15) is 17.0 Å². The largest absolute Gasteiger partial charge is 0.339 e. The minimum atomic E-state index is -3.60. The Hall–Kier alpha value is -1.44. The number of carbonyl (C=O) groups excluding carboxylic acids is 1. The normalized spacial score (nSPS) is 24.5. The molecule has 2 saturated heterocycles. The van der Waals surface area contributed by atoms with Gasteiger partial charge in [-0.25, -0.2) is 0 Å². The summed E-state index contributed by atoms with van der Waals surface area (Å²) in [5.41, 5.74) is 0.964. The molecule has 2 aliphatic rings. The van der Waals surface area contributed by atoms with E-state index in [-0.39, 0.29) is 18.5 Å². The van der Waals surface area contributed by atoms with E-state index < -0.39 is 10.2 Å². The average molecular weight is 380 g/mol. The third-order valence-electron chi connectivity index (χ3n) is 5.40. The van der Waals surface area contributed by atoms with Crippen molar-refractivity contribution in [3.63, 3.8) is 0 Å². The molecule has 0 aliphatic carbocycles. The summed E-state index contributed by atoms with van der Waals surface area (Å²) in [5.74, 6) is -0.0540. The smallest absolute Gasteiger partial charge is 0.282 e. The lowest BCUT2D eigenvalue weighted by Gasteiger charge is -2.38. The lowest BCUT2D eigenvalue weighted by Crippen LogP contribution is -2.54. The number of amides is 1. The van der Waals surface area contributed by atoms with Crippen LogP contribution in [0.5, 0.6) is 0 Å². The second-order valence-electron chi connectivity index (χ2n) is 7.16. The highest BCUT2D eigenvalue weighted by Gasteiger charge is 2.36. The van der Waals surface area contributed by atoms with Crippen molar-refractivity contribution in [3.05, 3.63) is 35.9 Å². The van der Waals surface area contributed by atoms with Crippen molar-refractivity contribution in [3.8, 4) is 0 Å². The van der Waals surface area contributed by atoms with Gasteiger partial charge in [-0.05, 0) is 37.7 Å². The zero-order chi connectivity index (χ0) is 18.6. The van der Waals surface area contributed by atoms with Crippen LogP contribution >= 0.6 is 0 Å². The highest BCUT2D eigenvalue weighted by Crippen LogP contribution is 2.22. The summed E-state index contributed by atoms with van der Waals surface area (Å²) in [5, 5.41) is 0. The Morgan fingerprint density at radius 2 is 1.77 bits per heavy atom. The molecular formula is C19H29N3O3S. The van der Waals surface area contributed by atoms with Crippen molar-refractivity contribution in [2.45, 2.75) is 51.6 Å². The van der Waals surface area contributed by atoms with E-state index in [0.717, 1.165) is 44.2 Å². The number of hydrogen-bond acceptors (Lipinski definition) is 3. The van der Waals surface area contributed by atoms with E-state index in [4.69, 9.17) is 0 Å². The maximum atomic E-state index is 13.0. The number of hydrogen-bond donors (Lipinski definition) is 0. The van der Waals surface area contributed by atoms with E-state index in [1.165, 1.54) is 8.61 Å². The number of likely N-dealkylation sites (tertiary alicyclic amines) is 1. The molecule has 1 aromatic rings. The van der Waals surface area contributed by atoms with Gasteiger partial charge in [0.25, 0.3) is 10.2 Å². The van der Waals surface area contributed by atoms with E-state index in [0.29, 0.717) is 19.6 Å². The summed E-state index contributed by atoms with van der Waals surface area (Å²) in [6, 6.07) is 9.85. The van der Waals surface area contributed by atoms with Crippen LogP contribution in [0.2, 0.25) is 0 Å². The first kappa shape index (κ1) is 19.3. The maximum Gasteiger partial charge on any atom is 0.282 e. The van der Waals surface area contributed by atoms with E-state index in [1.54, 1.807) is 0 Å². The summed E-state index contributed by atoms with van der Waals surface area (Å²) in [4.78, 5) is 14.7. The van der Waals surface area contributed by atoms with Crippen LogP contribution in [0.25, 0.3) is 0 Å². The van der Waals surface area contributed by atoms with Gasteiger partial charge in [0.05, 0.1) is 6.54 Å². The molecule has 26 heavy (non-hydrogen) atoms. The number of benzene rings is 1. The van der Waals surface area contributed by atoms with Crippen LogP contribution in [0.4, 0.5) is 0 Å². The molecule has 3 rings (SSSR count). The van der Waals surface area contributed by atoms with Crippen molar-refractivity contribution in [1.29, 1.82) is 0 Å². The van der Waals surface area contributed by atoms with Gasteiger partial charge < -0.3 is 4.90 Å². The Morgan fingerprint density at radius 1 is 1.04 bits per heavy atom. The topological polar surface area (TPSA) is 60.9 Å². The fraction of sp³-hybridized carbons (Fsp3) is 0.632. The molecule has 0 bridgehead atoms. The van der Waals surface area contributed by atoms with Crippen molar-refractivity contribution in [2.24, 2.45) is 0 Å². The van der Waals surface area contributed by atoms with Crippen LogP contribution in [-0.2, 0) is 21.5 Å². The molecule has 1 amide bonds. The van der Waals surface area contributed by atoms with Gasteiger partial charge in [0, 0.05) is 32.2 Å². The van der Waals surface area contributed by atoms with E-state index in [1.807, 2.05) is 35.2 Å². The average Bonchev–Trinajstić information content (AvgIpc) is 2.66. The van der Waals surface area contributed by atoms with Gasteiger partial charge in [0.15, 0.2) is 0 Å². The molecule has 2 fully saturated rings. The molecule has 1 atom stereocenters. The van der Waals surface area contributed by atoms with Gasteiger partial charge in [-0.1, -0.05) is 37.3 Å². The van der Waals surface area contributed by atoms with E-state index >= 15 is 0 Å². The molecule has 0 spiro atoms. The first-order valence-electron chi connectivity index (χ1n) is 9.61. The third-order valence-corrected chi connectivity index (χ3v) is 7.33. The highest BCUT2D eigenvalue weighted by molar-refractivity contribution is 7.86. The quantitative estimate of drug-likeness (QED) is 0.788. The second-order valence-corrected chi connectivity index (χ2v) is 9.09. The van der Waals surface area contributed by atoms with Crippen LogP contribution in [0, 0.1) is 0 Å². The summed E-state index contributed by atoms with van der Waals surface area (Å²) in [7, 11) is -3.60. The Labute approximate surface area is 157 Å². The molecule has 2 aliphatic heterocycles. The van der Waals surface area contributed by atoms with Gasteiger partial charge in [-0.3, -0.25) is 4.79 Å². The van der Waals surface area contributed by atoms with Crippen LogP contribution in [0.1, 0.15) is 44.6 Å². The minimum absolute atomic E-state index is 0.0376.